The van der Waals surface area contributed by atoms with Gasteiger partial charge < -0.3 is 15.4 Å². The molecule has 1 saturated carbocycles. The van der Waals surface area contributed by atoms with E-state index in [4.69, 9.17) is 16.3 Å². The van der Waals surface area contributed by atoms with Crippen LogP contribution in [0.1, 0.15) is 85.1 Å². The van der Waals surface area contributed by atoms with Crippen LogP contribution in [0, 0.1) is 5.92 Å². The van der Waals surface area contributed by atoms with Crippen molar-refractivity contribution in [3.05, 3.63) is 70.2 Å². The Morgan fingerprint density at radius 3 is 1.80 bits per heavy atom. The van der Waals surface area contributed by atoms with E-state index in [-0.39, 0.29) is 17.8 Å². The Labute approximate surface area is 212 Å². The number of rotatable bonds is 8. The highest BCUT2D eigenvalue weighted by Gasteiger charge is 2.26. The third-order valence-electron chi connectivity index (χ3n) is 6.17. The standard InChI is InChI=1S/C28H35ClN2O4/c1-28(2,3)35-25(32)18-19-4-6-20(7-5-19)21-8-10-22(11-9-21)26(33)30-16-17-31-27(34)23-12-14-24(29)15-13-23/h8-15,19-20H,4-7,16-18H2,1-3H3,(H,30,33)(H,31,34). The van der Waals surface area contributed by atoms with Gasteiger partial charge in [-0.05, 0) is 100 Å². The second kappa shape index (κ2) is 12.2. The summed E-state index contributed by atoms with van der Waals surface area (Å²) >= 11 is 5.84. The fraction of sp³-hybridized carbons (Fsp3) is 0.464. The molecule has 0 bridgehead atoms. The number of hydrogen-bond acceptors (Lipinski definition) is 4. The van der Waals surface area contributed by atoms with Gasteiger partial charge in [0, 0.05) is 35.7 Å². The smallest absolute Gasteiger partial charge is 0.306 e. The van der Waals surface area contributed by atoms with Gasteiger partial charge in [-0.15, -0.1) is 0 Å². The van der Waals surface area contributed by atoms with Gasteiger partial charge in [-0.1, -0.05) is 23.7 Å². The molecular formula is C28H35ClN2O4. The zero-order chi connectivity index (χ0) is 25.4. The zero-order valence-corrected chi connectivity index (χ0v) is 21.5. The van der Waals surface area contributed by atoms with Crippen LogP contribution < -0.4 is 10.6 Å². The normalized spacial score (nSPS) is 17.9. The molecule has 0 aromatic heterocycles. The minimum Gasteiger partial charge on any atom is -0.460 e. The van der Waals surface area contributed by atoms with Crippen molar-refractivity contribution in [2.45, 2.75) is 64.4 Å². The maximum absolute atomic E-state index is 12.4. The second-order valence-corrected chi connectivity index (χ2v) is 10.6. The number of nitrogens with one attached hydrogen (secondary N) is 2. The fourth-order valence-corrected chi connectivity index (χ4v) is 4.51. The predicted molar refractivity (Wildman–Crippen MR) is 138 cm³/mol. The molecule has 0 unspecified atom stereocenters. The number of benzene rings is 2. The molecule has 35 heavy (non-hydrogen) atoms. The molecule has 0 atom stereocenters. The van der Waals surface area contributed by atoms with Crippen molar-refractivity contribution in [2.75, 3.05) is 13.1 Å². The number of carbonyl (C=O) groups is 3. The van der Waals surface area contributed by atoms with E-state index < -0.39 is 5.60 Å². The van der Waals surface area contributed by atoms with Crippen molar-refractivity contribution >= 4 is 29.4 Å². The van der Waals surface area contributed by atoms with Gasteiger partial charge in [-0.3, -0.25) is 14.4 Å². The largest absolute Gasteiger partial charge is 0.460 e. The van der Waals surface area contributed by atoms with Crippen LogP contribution in [0.3, 0.4) is 0 Å². The maximum Gasteiger partial charge on any atom is 0.306 e. The molecule has 6 nitrogen and oxygen atoms in total. The predicted octanol–water partition coefficient (Wildman–Crippen LogP) is 5.51. The first kappa shape index (κ1) is 26.7. The first-order valence-electron chi connectivity index (χ1n) is 12.2. The Hall–Kier alpha value is -2.86. The summed E-state index contributed by atoms with van der Waals surface area (Å²) in [5.41, 5.74) is 1.91. The Morgan fingerprint density at radius 2 is 1.31 bits per heavy atom. The Morgan fingerprint density at radius 1 is 0.829 bits per heavy atom. The summed E-state index contributed by atoms with van der Waals surface area (Å²) in [6.45, 7) is 6.35. The Bertz CT molecular complexity index is 1000. The van der Waals surface area contributed by atoms with E-state index in [0.29, 0.717) is 47.5 Å². The molecule has 1 fully saturated rings. The molecule has 0 spiro atoms. The molecular weight excluding hydrogens is 464 g/mol. The number of esters is 1. The average molecular weight is 499 g/mol. The molecule has 0 aliphatic heterocycles. The summed E-state index contributed by atoms with van der Waals surface area (Å²) in [5, 5.41) is 6.19. The highest BCUT2D eigenvalue weighted by molar-refractivity contribution is 6.30. The monoisotopic (exact) mass is 498 g/mol. The van der Waals surface area contributed by atoms with Crippen LogP contribution in [0.5, 0.6) is 0 Å². The number of ether oxygens (including phenoxy) is 1. The first-order valence-corrected chi connectivity index (χ1v) is 12.6. The van der Waals surface area contributed by atoms with Gasteiger partial charge >= 0.3 is 5.97 Å². The van der Waals surface area contributed by atoms with Crippen molar-refractivity contribution in [3.8, 4) is 0 Å². The van der Waals surface area contributed by atoms with Crippen LogP contribution in [-0.4, -0.2) is 36.5 Å². The molecule has 0 saturated heterocycles. The van der Waals surface area contributed by atoms with Crippen LogP contribution >= 0.6 is 11.6 Å². The summed E-state index contributed by atoms with van der Waals surface area (Å²) in [4.78, 5) is 36.6. The van der Waals surface area contributed by atoms with Crippen molar-refractivity contribution in [2.24, 2.45) is 5.92 Å². The lowest BCUT2D eigenvalue weighted by atomic mass is 9.77. The van der Waals surface area contributed by atoms with Gasteiger partial charge in [0.2, 0.25) is 0 Å². The lowest BCUT2D eigenvalue weighted by molar-refractivity contribution is -0.156. The first-order chi connectivity index (χ1) is 16.6. The molecule has 2 aromatic rings. The summed E-state index contributed by atoms with van der Waals surface area (Å²) in [6.07, 6.45) is 4.57. The lowest BCUT2D eigenvalue weighted by Crippen LogP contribution is -2.34. The molecule has 1 aliphatic carbocycles. The number of carbonyl (C=O) groups excluding carboxylic acids is 3. The number of halogens is 1. The van der Waals surface area contributed by atoms with Gasteiger partial charge in [0.25, 0.3) is 11.8 Å². The molecule has 2 N–H and O–H groups in total. The highest BCUT2D eigenvalue weighted by atomic mass is 35.5. The summed E-state index contributed by atoms with van der Waals surface area (Å²) < 4.78 is 5.46. The maximum atomic E-state index is 12.4. The van der Waals surface area contributed by atoms with Gasteiger partial charge in [0.15, 0.2) is 0 Å². The zero-order valence-electron chi connectivity index (χ0n) is 20.7. The van der Waals surface area contributed by atoms with Gasteiger partial charge in [-0.25, -0.2) is 0 Å². The molecule has 7 heteroatoms. The third kappa shape index (κ3) is 8.70. The average Bonchev–Trinajstić information content (AvgIpc) is 2.81. The fourth-order valence-electron chi connectivity index (χ4n) is 4.38. The SMILES string of the molecule is CC(C)(C)OC(=O)CC1CCC(c2ccc(C(=O)NCCNC(=O)c3ccc(Cl)cc3)cc2)CC1. The second-order valence-electron chi connectivity index (χ2n) is 10.1. The Kier molecular flexibility index (Phi) is 9.33. The highest BCUT2D eigenvalue weighted by Crippen LogP contribution is 2.37. The molecule has 0 radical (unpaired) electrons. The Balaban J connectivity index is 1.38. The van der Waals surface area contributed by atoms with Gasteiger partial charge in [-0.2, -0.15) is 0 Å². The van der Waals surface area contributed by atoms with Crippen LogP contribution in [0.4, 0.5) is 0 Å². The van der Waals surface area contributed by atoms with Gasteiger partial charge in [0.05, 0.1) is 0 Å². The van der Waals surface area contributed by atoms with Crippen molar-refractivity contribution in [1.82, 2.24) is 10.6 Å². The molecule has 2 aromatic carbocycles. The molecule has 2 amide bonds. The van der Waals surface area contributed by atoms with E-state index in [2.05, 4.69) is 10.6 Å². The number of hydrogen-bond donors (Lipinski definition) is 2. The van der Waals surface area contributed by atoms with E-state index >= 15 is 0 Å². The minimum atomic E-state index is -0.437. The van der Waals surface area contributed by atoms with Crippen LogP contribution in [0.15, 0.2) is 48.5 Å². The van der Waals surface area contributed by atoms with Crippen molar-refractivity contribution in [1.29, 1.82) is 0 Å². The molecule has 0 heterocycles. The summed E-state index contributed by atoms with van der Waals surface area (Å²) in [7, 11) is 0. The topological polar surface area (TPSA) is 84.5 Å². The van der Waals surface area contributed by atoms with Gasteiger partial charge in [0.1, 0.15) is 5.60 Å². The molecule has 1 aliphatic rings. The third-order valence-corrected chi connectivity index (χ3v) is 6.42. The number of amides is 2. The van der Waals surface area contributed by atoms with Crippen LogP contribution in [0.25, 0.3) is 0 Å². The lowest BCUT2D eigenvalue weighted by Gasteiger charge is -2.29. The summed E-state index contributed by atoms with van der Waals surface area (Å²) in [6, 6.07) is 14.4. The van der Waals surface area contributed by atoms with E-state index in [1.165, 1.54) is 5.56 Å². The van der Waals surface area contributed by atoms with Crippen molar-refractivity contribution in [3.63, 3.8) is 0 Å². The molecule has 3 rings (SSSR count). The van der Waals surface area contributed by atoms with E-state index in [0.717, 1.165) is 25.7 Å². The van der Waals surface area contributed by atoms with E-state index in [1.54, 1.807) is 24.3 Å². The van der Waals surface area contributed by atoms with Crippen molar-refractivity contribution < 1.29 is 19.1 Å². The quantitative estimate of drug-likeness (QED) is 0.371. The van der Waals surface area contributed by atoms with E-state index in [9.17, 15) is 14.4 Å². The van der Waals surface area contributed by atoms with E-state index in [1.807, 2.05) is 45.0 Å². The molecule has 188 valence electrons. The van der Waals surface area contributed by atoms with Crippen LogP contribution in [0.2, 0.25) is 5.02 Å². The van der Waals surface area contributed by atoms with Crippen LogP contribution in [-0.2, 0) is 9.53 Å². The summed E-state index contributed by atoms with van der Waals surface area (Å²) in [5.74, 6) is 0.344. The minimum absolute atomic E-state index is 0.110.